The average molecular weight is 173 g/mol. The largest absolute Gasteiger partial charge is 0.331 e. The quantitative estimate of drug-likeness (QED) is 0.461. The maximum absolute atomic E-state index is 10.9. The first-order chi connectivity index (χ1) is 5.21. The summed E-state index contributed by atoms with van der Waals surface area (Å²) in [6.45, 7) is 0. The van der Waals surface area contributed by atoms with Gasteiger partial charge in [0.15, 0.2) is 0 Å². The molecule has 1 unspecified atom stereocenters. The minimum atomic E-state index is -0.470. The van der Waals surface area contributed by atoms with E-state index in [1.165, 1.54) is 0 Å². The third kappa shape index (κ3) is 1.08. The molecular formula is C6H11N3OS. The number of carbonyl (C=O) groups is 1. The minimum absolute atomic E-state index is 0.119. The molecule has 0 aromatic rings. The van der Waals surface area contributed by atoms with Crippen molar-refractivity contribution < 1.29 is 4.79 Å². The van der Waals surface area contributed by atoms with Gasteiger partial charge in [0.1, 0.15) is 5.66 Å². The smallest absolute Gasteiger partial charge is 0.316 e. The van der Waals surface area contributed by atoms with Gasteiger partial charge in [-0.25, -0.2) is 4.79 Å². The summed E-state index contributed by atoms with van der Waals surface area (Å²) < 4.78 is 0. The number of nitrogens with two attached hydrogens (primary N) is 1. The molecule has 0 aliphatic carbocycles. The highest BCUT2D eigenvalue weighted by atomic mass is 32.2. The van der Waals surface area contributed by atoms with Crippen molar-refractivity contribution in [2.75, 3.05) is 11.5 Å². The Morgan fingerprint density at radius 1 is 1.73 bits per heavy atom. The number of thioether (sulfide) groups is 1. The van der Waals surface area contributed by atoms with E-state index in [9.17, 15) is 4.79 Å². The van der Waals surface area contributed by atoms with E-state index in [2.05, 4.69) is 10.6 Å². The van der Waals surface area contributed by atoms with Gasteiger partial charge in [-0.3, -0.25) is 0 Å². The molecule has 2 atom stereocenters. The van der Waals surface area contributed by atoms with Crippen LogP contribution in [-0.2, 0) is 0 Å². The van der Waals surface area contributed by atoms with Crippen LogP contribution >= 0.6 is 11.8 Å². The van der Waals surface area contributed by atoms with Gasteiger partial charge in [0.25, 0.3) is 0 Å². The third-order valence-electron chi connectivity index (χ3n) is 2.22. The number of rotatable bonds is 0. The maximum Gasteiger partial charge on any atom is 0.316 e. The van der Waals surface area contributed by atoms with Crippen LogP contribution in [0, 0.1) is 0 Å². The molecule has 2 heterocycles. The molecule has 2 aliphatic rings. The van der Waals surface area contributed by atoms with E-state index < -0.39 is 5.66 Å². The van der Waals surface area contributed by atoms with Crippen molar-refractivity contribution in [2.45, 2.75) is 18.1 Å². The summed E-state index contributed by atoms with van der Waals surface area (Å²) in [5, 5.41) is 5.55. The first-order valence-corrected chi connectivity index (χ1v) is 4.81. The Morgan fingerprint density at radius 3 is 3.27 bits per heavy atom. The van der Waals surface area contributed by atoms with E-state index in [4.69, 9.17) is 5.73 Å². The van der Waals surface area contributed by atoms with Crippen LogP contribution in [0.5, 0.6) is 0 Å². The predicted molar refractivity (Wildman–Crippen MR) is 44.3 cm³/mol. The molecule has 5 heteroatoms. The van der Waals surface area contributed by atoms with Gasteiger partial charge in [-0.15, -0.1) is 0 Å². The summed E-state index contributed by atoms with van der Waals surface area (Å²) in [5.41, 5.74) is 5.48. The van der Waals surface area contributed by atoms with E-state index >= 15 is 0 Å². The molecule has 0 spiro atoms. The number of carbonyl (C=O) groups excluding carboxylic acids is 1. The van der Waals surface area contributed by atoms with Gasteiger partial charge in [0, 0.05) is 5.75 Å². The van der Waals surface area contributed by atoms with Crippen LogP contribution in [0.1, 0.15) is 6.42 Å². The molecule has 0 radical (unpaired) electrons. The van der Waals surface area contributed by atoms with Gasteiger partial charge in [-0.1, -0.05) is 0 Å². The van der Waals surface area contributed by atoms with Crippen molar-refractivity contribution in [3.8, 4) is 0 Å². The van der Waals surface area contributed by atoms with Crippen LogP contribution in [0.25, 0.3) is 0 Å². The normalized spacial score (nSPS) is 42.6. The standard InChI is InChI=1S/C6H11N3OS/c7-6-1-2-11-3-4(6)8-5(10)9-6/h4H,1-3,7H2,(H2,8,9,10)/t4?,6-/m1/s1. The van der Waals surface area contributed by atoms with Crippen LogP contribution < -0.4 is 16.4 Å². The highest BCUT2D eigenvalue weighted by Crippen LogP contribution is 2.25. The summed E-state index contributed by atoms with van der Waals surface area (Å²) in [6.07, 6.45) is 0.862. The zero-order chi connectivity index (χ0) is 7.90. The van der Waals surface area contributed by atoms with Crippen molar-refractivity contribution >= 4 is 17.8 Å². The number of fused-ring (bicyclic) bond motifs is 1. The predicted octanol–water partition coefficient (Wildman–Crippen LogP) is -0.540. The molecule has 4 nitrogen and oxygen atoms in total. The second-order valence-electron chi connectivity index (χ2n) is 3.02. The molecule has 4 N–H and O–H groups in total. The van der Waals surface area contributed by atoms with Crippen molar-refractivity contribution in [3.05, 3.63) is 0 Å². The van der Waals surface area contributed by atoms with E-state index in [0.29, 0.717) is 0 Å². The Balaban J connectivity index is 2.17. The Hall–Kier alpha value is -0.420. The van der Waals surface area contributed by atoms with Crippen molar-refractivity contribution in [2.24, 2.45) is 5.73 Å². The van der Waals surface area contributed by atoms with Crippen LogP contribution in [0.2, 0.25) is 0 Å². The van der Waals surface area contributed by atoms with Crippen LogP contribution in [0.3, 0.4) is 0 Å². The summed E-state index contributed by atoms with van der Waals surface area (Å²) in [7, 11) is 0. The number of hydrogen-bond donors (Lipinski definition) is 3. The van der Waals surface area contributed by atoms with Gasteiger partial charge in [0.2, 0.25) is 0 Å². The lowest BCUT2D eigenvalue weighted by Crippen LogP contribution is -2.60. The van der Waals surface area contributed by atoms with Crippen molar-refractivity contribution in [3.63, 3.8) is 0 Å². The summed E-state index contributed by atoms with van der Waals surface area (Å²) in [5.74, 6) is 1.96. The zero-order valence-electron chi connectivity index (χ0n) is 6.09. The number of urea groups is 1. The molecule has 0 aromatic carbocycles. The topological polar surface area (TPSA) is 67.1 Å². The molecule has 2 fully saturated rings. The first kappa shape index (κ1) is 7.24. The Labute approximate surface area is 69.3 Å². The van der Waals surface area contributed by atoms with Crippen LogP contribution in [-0.4, -0.2) is 29.2 Å². The van der Waals surface area contributed by atoms with Crippen molar-refractivity contribution in [1.82, 2.24) is 10.6 Å². The average Bonchev–Trinajstić information content (AvgIpc) is 2.22. The van der Waals surface area contributed by atoms with E-state index in [-0.39, 0.29) is 12.1 Å². The summed E-state index contributed by atoms with van der Waals surface area (Å²) >= 11 is 1.84. The van der Waals surface area contributed by atoms with Gasteiger partial charge in [0.05, 0.1) is 6.04 Å². The molecule has 2 aliphatic heterocycles. The molecule has 0 aromatic heterocycles. The fraction of sp³-hybridized carbons (Fsp3) is 0.833. The van der Waals surface area contributed by atoms with E-state index in [0.717, 1.165) is 17.9 Å². The van der Waals surface area contributed by atoms with Gasteiger partial charge in [-0.05, 0) is 12.2 Å². The number of amides is 2. The van der Waals surface area contributed by atoms with E-state index in [1.807, 2.05) is 11.8 Å². The Morgan fingerprint density at radius 2 is 2.55 bits per heavy atom. The maximum atomic E-state index is 10.9. The first-order valence-electron chi connectivity index (χ1n) is 3.66. The zero-order valence-corrected chi connectivity index (χ0v) is 6.91. The molecule has 2 saturated heterocycles. The Kier molecular flexibility index (Phi) is 1.50. The lowest BCUT2D eigenvalue weighted by Gasteiger charge is -2.33. The van der Waals surface area contributed by atoms with Gasteiger partial charge < -0.3 is 16.4 Å². The van der Waals surface area contributed by atoms with Crippen LogP contribution in [0.15, 0.2) is 0 Å². The second kappa shape index (κ2) is 2.28. The van der Waals surface area contributed by atoms with Crippen LogP contribution in [0.4, 0.5) is 4.79 Å². The van der Waals surface area contributed by atoms with Gasteiger partial charge in [-0.2, -0.15) is 11.8 Å². The molecule has 11 heavy (non-hydrogen) atoms. The molecule has 0 saturated carbocycles. The molecule has 0 bridgehead atoms. The van der Waals surface area contributed by atoms with E-state index in [1.54, 1.807) is 0 Å². The minimum Gasteiger partial charge on any atom is -0.331 e. The summed E-state index contributed by atoms with van der Waals surface area (Å²) in [6, 6.07) is -0.00579. The highest BCUT2D eigenvalue weighted by molar-refractivity contribution is 7.99. The van der Waals surface area contributed by atoms with Crippen molar-refractivity contribution in [1.29, 1.82) is 0 Å². The second-order valence-corrected chi connectivity index (χ2v) is 4.17. The molecule has 2 amide bonds. The summed E-state index contributed by atoms with van der Waals surface area (Å²) in [4.78, 5) is 10.9. The monoisotopic (exact) mass is 173 g/mol. The lowest BCUT2D eigenvalue weighted by atomic mass is 10.0. The number of hydrogen-bond acceptors (Lipinski definition) is 3. The van der Waals surface area contributed by atoms with Gasteiger partial charge >= 0.3 is 6.03 Å². The SMILES string of the molecule is N[C@@]12CCSCC1NC(=O)N2. The molecule has 62 valence electrons. The Bertz CT molecular complexity index is 198. The highest BCUT2D eigenvalue weighted by Gasteiger charge is 2.44. The lowest BCUT2D eigenvalue weighted by molar-refractivity contribution is 0.244. The molecule has 2 rings (SSSR count). The number of nitrogens with one attached hydrogen (secondary N) is 2. The molecular weight excluding hydrogens is 162 g/mol. The third-order valence-corrected chi connectivity index (χ3v) is 3.28. The fourth-order valence-corrected chi connectivity index (χ4v) is 2.76. The fourth-order valence-electron chi connectivity index (χ4n) is 1.49.